The van der Waals surface area contributed by atoms with E-state index in [2.05, 4.69) is 5.32 Å². The Morgan fingerprint density at radius 1 is 0.647 bits per heavy atom. The summed E-state index contributed by atoms with van der Waals surface area (Å²) in [5.41, 5.74) is 9.47. The van der Waals surface area contributed by atoms with Crippen molar-refractivity contribution in [1.82, 2.24) is 0 Å². The summed E-state index contributed by atoms with van der Waals surface area (Å²) >= 11 is 0. The molecule has 0 aliphatic carbocycles. The fourth-order valence-electron chi connectivity index (χ4n) is 3.83. The normalized spacial score (nSPS) is 11.5. The van der Waals surface area contributed by atoms with Crippen molar-refractivity contribution in [3.8, 4) is 22.3 Å². The van der Waals surface area contributed by atoms with Crippen LogP contribution < -0.4 is 11.1 Å². The molecule has 6 heteroatoms. The molecule has 0 aliphatic heterocycles. The lowest BCUT2D eigenvalue weighted by Gasteiger charge is -2.25. The Morgan fingerprint density at radius 2 is 1.09 bits per heavy atom. The highest BCUT2D eigenvalue weighted by molar-refractivity contribution is 5.95. The lowest BCUT2D eigenvalue weighted by atomic mass is 9.82. The summed E-state index contributed by atoms with van der Waals surface area (Å²) in [5, 5.41) is 3.25. The van der Waals surface area contributed by atoms with E-state index in [1.165, 1.54) is 24.3 Å². The highest BCUT2D eigenvalue weighted by Crippen LogP contribution is 2.43. The van der Waals surface area contributed by atoms with Gasteiger partial charge in [0, 0.05) is 23.3 Å². The SMILES string of the molecule is CC(C)(C)c1cc(-c2cc(F)cc(F)c2)c(Nc2ccccc2N)c(-c2cc(F)cc(F)c2)c1. The van der Waals surface area contributed by atoms with Crippen molar-refractivity contribution >= 4 is 17.1 Å². The Bertz CT molecular complexity index is 1260. The molecule has 0 aliphatic rings. The number of anilines is 3. The molecular formula is C28H24F4N2. The first-order valence-electron chi connectivity index (χ1n) is 10.7. The molecule has 0 saturated carbocycles. The average Bonchev–Trinajstić information content (AvgIpc) is 2.73. The maximum Gasteiger partial charge on any atom is 0.126 e. The molecule has 34 heavy (non-hydrogen) atoms. The molecule has 0 amide bonds. The van der Waals surface area contributed by atoms with Gasteiger partial charge in [-0.15, -0.1) is 0 Å². The van der Waals surface area contributed by atoms with Crippen LogP contribution in [0.5, 0.6) is 0 Å². The first kappa shape index (κ1) is 23.4. The van der Waals surface area contributed by atoms with Gasteiger partial charge in [-0.3, -0.25) is 0 Å². The van der Waals surface area contributed by atoms with Crippen molar-refractivity contribution in [2.45, 2.75) is 26.2 Å². The fraction of sp³-hybridized carbons (Fsp3) is 0.143. The van der Waals surface area contributed by atoms with Crippen LogP contribution in [0.2, 0.25) is 0 Å². The van der Waals surface area contributed by atoms with Crippen molar-refractivity contribution in [2.24, 2.45) is 0 Å². The number of halogens is 4. The molecule has 2 nitrogen and oxygen atoms in total. The molecule has 0 saturated heterocycles. The minimum absolute atomic E-state index is 0.277. The number of nitrogen functional groups attached to an aromatic ring is 1. The number of benzene rings is 4. The zero-order chi connectivity index (χ0) is 24.6. The van der Waals surface area contributed by atoms with Crippen molar-refractivity contribution < 1.29 is 17.6 Å². The van der Waals surface area contributed by atoms with E-state index in [0.717, 1.165) is 17.7 Å². The predicted molar refractivity (Wildman–Crippen MR) is 130 cm³/mol. The Kier molecular flexibility index (Phi) is 6.09. The molecule has 0 unspecified atom stereocenters. The largest absolute Gasteiger partial charge is 0.397 e. The zero-order valence-electron chi connectivity index (χ0n) is 19.0. The fourth-order valence-corrected chi connectivity index (χ4v) is 3.83. The van der Waals surface area contributed by atoms with Crippen molar-refractivity contribution in [3.05, 3.63) is 102 Å². The van der Waals surface area contributed by atoms with Gasteiger partial charge in [0.05, 0.1) is 17.1 Å². The lowest BCUT2D eigenvalue weighted by Crippen LogP contribution is -2.12. The van der Waals surface area contributed by atoms with E-state index in [-0.39, 0.29) is 16.5 Å². The maximum atomic E-state index is 14.2. The van der Waals surface area contributed by atoms with Crippen molar-refractivity contribution in [2.75, 3.05) is 11.1 Å². The third-order valence-electron chi connectivity index (χ3n) is 5.57. The zero-order valence-corrected chi connectivity index (χ0v) is 19.0. The molecular weight excluding hydrogens is 440 g/mol. The van der Waals surface area contributed by atoms with Crippen LogP contribution in [0.15, 0.2) is 72.8 Å². The standard InChI is InChI=1S/C28H24F4N2/c1-28(2,3)18-12-23(16-8-19(29)14-20(30)9-16)27(34-26-7-5-4-6-25(26)33)24(13-18)17-10-21(31)15-22(32)11-17/h4-15,34H,33H2,1-3H3. The van der Waals surface area contributed by atoms with Crippen LogP contribution in [0, 0.1) is 23.3 Å². The third-order valence-corrected chi connectivity index (χ3v) is 5.57. The molecule has 0 heterocycles. The smallest absolute Gasteiger partial charge is 0.126 e. The Labute approximate surface area is 196 Å². The number of rotatable bonds is 4. The minimum atomic E-state index is -0.736. The van der Waals surface area contributed by atoms with E-state index in [1.807, 2.05) is 32.9 Å². The second-order valence-corrected chi connectivity index (χ2v) is 9.22. The summed E-state index contributed by atoms with van der Waals surface area (Å²) in [6.07, 6.45) is 0. The highest BCUT2D eigenvalue weighted by Gasteiger charge is 2.22. The van der Waals surface area contributed by atoms with Crippen LogP contribution in [0.3, 0.4) is 0 Å². The van der Waals surface area contributed by atoms with Gasteiger partial charge in [0.25, 0.3) is 0 Å². The van der Waals surface area contributed by atoms with Crippen molar-refractivity contribution in [3.63, 3.8) is 0 Å². The second kappa shape index (κ2) is 8.86. The van der Waals surface area contributed by atoms with Crippen LogP contribution in [-0.2, 0) is 5.41 Å². The quantitative estimate of drug-likeness (QED) is 0.236. The van der Waals surface area contributed by atoms with Gasteiger partial charge in [-0.1, -0.05) is 32.9 Å². The summed E-state index contributed by atoms with van der Waals surface area (Å²) in [6.45, 7) is 5.95. The third kappa shape index (κ3) is 4.91. The summed E-state index contributed by atoms with van der Waals surface area (Å²) in [7, 11) is 0. The monoisotopic (exact) mass is 464 g/mol. The van der Waals surface area contributed by atoms with Gasteiger partial charge >= 0.3 is 0 Å². The van der Waals surface area contributed by atoms with Crippen LogP contribution in [-0.4, -0.2) is 0 Å². The molecule has 4 aromatic rings. The average molecular weight is 465 g/mol. The Morgan fingerprint density at radius 3 is 1.50 bits per heavy atom. The van der Waals surface area contributed by atoms with Crippen LogP contribution >= 0.6 is 0 Å². The minimum Gasteiger partial charge on any atom is -0.397 e. The van der Waals surface area contributed by atoms with Gasteiger partial charge in [0.2, 0.25) is 0 Å². The predicted octanol–water partition coefficient (Wildman–Crippen LogP) is 8.20. The van der Waals surface area contributed by atoms with Gasteiger partial charge in [-0.2, -0.15) is 0 Å². The molecule has 174 valence electrons. The number of nitrogens with two attached hydrogens (primary N) is 1. The summed E-state index contributed by atoms with van der Waals surface area (Å²) in [5.74, 6) is -2.95. The van der Waals surface area contributed by atoms with Gasteiger partial charge in [0.15, 0.2) is 0 Å². The highest BCUT2D eigenvalue weighted by atomic mass is 19.1. The van der Waals surface area contributed by atoms with Crippen LogP contribution in [0.25, 0.3) is 22.3 Å². The van der Waals surface area contributed by atoms with E-state index < -0.39 is 23.3 Å². The van der Waals surface area contributed by atoms with Gasteiger partial charge < -0.3 is 11.1 Å². The molecule has 4 aromatic carbocycles. The molecule has 4 rings (SSSR count). The first-order valence-corrected chi connectivity index (χ1v) is 10.7. The Balaban J connectivity index is 2.10. The Hall–Kier alpha value is -3.80. The summed E-state index contributed by atoms with van der Waals surface area (Å²) in [4.78, 5) is 0. The number of hydrogen-bond acceptors (Lipinski definition) is 2. The molecule has 0 aromatic heterocycles. The molecule has 0 fully saturated rings. The lowest BCUT2D eigenvalue weighted by molar-refractivity contribution is 0.583. The van der Waals surface area contributed by atoms with Gasteiger partial charge in [0.1, 0.15) is 23.3 Å². The van der Waals surface area contributed by atoms with E-state index in [1.54, 1.807) is 24.3 Å². The molecule has 0 atom stereocenters. The van der Waals surface area contributed by atoms with Crippen LogP contribution in [0.1, 0.15) is 26.3 Å². The van der Waals surface area contributed by atoms with Gasteiger partial charge in [-0.05, 0) is 70.6 Å². The molecule has 0 spiro atoms. The number of para-hydroxylation sites is 2. The second-order valence-electron chi connectivity index (χ2n) is 9.22. The maximum absolute atomic E-state index is 14.2. The van der Waals surface area contributed by atoms with Crippen molar-refractivity contribution in [1.29, 1.82) is 0 Å². The van der Waals surface area contributed by atoms with Crippen LogP contribution in [0.4, 0.5) is 34.6 Å². The van der Waals surface area contributed by atoms with E-state index in [9.17, 15) is 17.6 Å². The number of hydrogen-bond donors (Lipinski definition) is 2. The molecule has 0 radical (unpaired) electrons. The summed E-state index contributed by atoms with van der Waals surface area (Å²) in [6, 6.07) is 17.1. The van der Waals surface area contributed by atoms with E-state index >= 15 is 0 Å². The van der Waals surface area contributed by atoms with E-state index in [4.69, 9.17) is 5.73 Å². The van der Waals surface area contributed by atoms with E-state index in [0.29, 0.717) is 28.2 Å². The summed E-state index contributed by atoms with van der Waals surface area (Å²) < 4.78 is 56.9. The first-order chi connectivity index (χ1) is 16.0. The van der Waals surface area contributed by atoms with Gasteiger partial charge in [-0.25, -0.2) is 17.6 Å². The number of nitrogens with one attached hydrogen (secondary N) is 1. The molecule has 0 bridgehead atoms. The topological polar surface area (TPSA) is 38.0 Å². The molecule has 3 N–H and O–H groups in total.